The molecule has 0 saturated heterocycles. The third-order valence-corrected chi connectivity index (χ3v) is 5.92. The molecule has 2 heterocycles. The second kappa shape index (κ2) is 8.16. The molecule has 30 heavy (non-hydrogen) atoms. The highest BCUT2D eigenvalue weighted by atomic mass is 32.2. The molecule has 8 heteroatoms. The number of benzene rings is 2. The number of aromatic nitrogens is 4. The van der Waals surface area contributed by atoms with Crippen molar-refractivity contribution in [3.63, 3.8) is 0 Å². The van der Waals surface area contributed by atoms with Gasteiger partial charge < -0.3 is 9.73 Å². The summed E-state index contributed by atoms with van der Waals surface area (Å²) in [4.78, 5) is 14.0. The van der Waals surface area contributed by atoms with Gasteiger partial charge in [-0.15, -0.1) is 16.9 Å². The molecule has 150 valence electrons. The minimum atomic E-state index is -0.275. The maximum Gasteiger partial charge on any atom is 0.291 e. The number of nitrogens with one attached hydrogen (secondary N) is 1. The van der Waals surface area contributed by atoms with Crippen LogP contribution in [0.4, 0.5) is 5.69 Å². The van der Waals surface area contributed by atoms with Crippen molar-refractivity contribution >= 4 is 23.4 Å². The maximum atomic E-state index is 12.8. The van der Waals surface area contributed by atoms with Crippen LogP contribution in [0.25, 0.3) is 11.4 Å². The van der Waals surface area contributed by atoms with Crippen LogP contribution in [0.2, 0.25) is 0 Å². The molecule has 4 aromatic rings. The number of rotatable bonds is 7. The molecule has 1 aliphatic rings. The Morgan fingerprint density at radius 3 is 2.83 bits per heavy atom. The number of hydrogen-bond donors (Lipinski definition) is 1. The lowest BCUT2D eigenvalue weighted by Gasteiger charge is -2.08. The molecule has 0 radical (unpaired) electrons. The van der Waals surface area contributed by atoms with Crippen molar-refractivity contribution in [1.82, 2.24) is 20.2 Å². The molecular weight excluding hydrogens is 398 g/mol. The number of anilines is 1. The Kier molecular flexibility index (Phi) is 5.06. The van der Waals surface area contributed by atoms with Gasteiger partial charge in [-0.2, -0.15) is 0 Å². The predicted octanol–water partition coefficient (Wildman–Crippen LogP) is 4.81. The second-order valence-corrected chi connectivity index (χ2v) is 8.14. The highest BCUT2D eigenvalue weighted by Crippen LogP contribution is 2.36. The summed E-state index contributed by atoms with van der Waals surface area (Å²) in [5.74, 6) is 1.42. The van der Waals surface area contributed by atoms with Crippen molar-refractivity contribution in [3.05, 3.63) is 78.3 Å². The highest BCUT2D eigenvalue weighted by molar-refractivity contribution is 7.98. The van der Waals surface area contributed by atoms with Crippen molar-refractivity contribution in [2.75, 3.05) is 5.32 Å². The fourth-order valence-electron chi connectivity index (χ4n) is 3.20. The molecule has 0 atom stereocenters. The topological polar surface area (TPSA) is 85.8 Å². The van der Waals surface area contributed by atoms with E-state index in [1.165, 1.54) is 0 Å². The van der Waals surface area contributed by atoms with E-state index in [0.717, 1.165) is 28.9 Å². The van der Waals surface area contributed by atoms with E-state index in [1.807, 2.05) is 65.3 Å². The summed E-state index contributed by atoms with van der Waals surface area (Å²) < 4.78 is 7.34. The summed E-state index contributed by atoms with van der Waals surface area (Å²) in [5.41, 5.74) is 2.39. The molecule has 2 aromatic carbocycles. The van der Waals surface area contributed by atoms with E-state index in [1.54, 1.807) is 18.0 Å². The average Bonchev–Trinajstić information content (AvgIpc) is 3.31. The first-order valence-corrected chi connectivity index (χ1v) is 10.7. The van der Waals surface area contributed by atoms with Crippen LogP contribution in [0.1, 0.15) is 35.0 Å². The smallest absolute Gasteiger partial charge is 0.291 e. The van der Waals surface area contributed by atoms with E-state index in [9.17, 15) is 4.79 Å². The summed E-state index contributed by atoms with van der Waals surface area (Å²) in [6.45, 7) is 0. The van der Waals surface area contributed by atoms with Crippen LogP contribution in [-0.2, 0) is 5.75 Å². The Balaban J connectivity index is 1.30. The lowest BCUT2D eigenvalue weighted by atomic mass is 10.2. The van der Waals surface area contributed by atoms with Gasteiger partial charge in [0.25, 0.3) is 5.91 Å². The van der Waals surface area contributed by atoms with Gasteiger partial charge in [0.05, 0.1) is 12.3 Å². The minimum Gasteiger partial charge on any atom is -0.459 e. The van der Waals surface area contributed by atoms with E-state index in [-0.39, 0.29) is 5.91 Å². The molecule has 2 aromatic heterocycles. The fraction of sp³-hybridized carbons (Fsp3) is 0.182. The molecule has 1 N–H and O–H groups in total. The van der Waals surface area contributed by atoms with Crippen molar-refractivity contribution in [1.29, 1.82) is 0 Å². The first-order valence-electron chi connectivity index (χ1n) is 9.72. The average molecular weight is 417 g/mol. The molecule has 0 bridgehead atoms. The molecular formula is C22H19N5O2S. The standard InChI is InChI=1S/C22H19N5O2S/c28-22(20-16(11-12-29-20)14-30-19-7-2-1-3-8-19)23-17-6-4-5-15(13-17)21-24-25-26-27(21)18-9-10-18/h1-8,11-13,18H,9-10,14H2,(H,23,28). The largest absolute Gasteiger partial charge is 0.459 e. The van der Waals surface area contributed by atoms with Crippen molar-refractivity contribution in [2.45, 2.75) is 29.5 Å². The lowest BCUT2D eigenvalue weighted by Crippen LogP contribution is -2.12. The van der Waals surface area contributed by atoms with Gasteiger partial charge in [-0.3, -0.25) is 4.79 Å². The SMILES string of the molecule is O=C(Nc1cccc(-c2nnnn2C2CC2)c1)c1occc1CSc1ccccc1. The van der Waals surface area contributed by atoms with E-state index < -0.39 is 0 Å². The molecule has 1 fully saturated rings. The van der Waals surface area contributed by atoms with Crippen LogP contribution in [0, 0.1) is 0 Å². The molecule has 5 rings (SSSR count). The number of thioether (sulfide) groups is 1. The number of carbonyl (C=O) groups is 1. The number of carbonyl (C=O) groups excluding carboxylic acids is 1. The zero-order valence-corrected chi connectivity index (χ0v) is 16.9. The predicted molar refractivity (Wildman–Crippen MR) is 114 cm³/mol. The molecule has 0 spiro atoms. The van der Waals surface area contributed by atoms with E-state index in [0.29, 0.717) is 29.1 Å². The quantitative estimate of drug-likeness (QED) is 0.434. The van der Waals surface area contributed by atoms with Gasteiger partial charge in [-0.05, 0) is 53.6 Å². The number of hydrogen-bond acceptors (Lipinski definition) is 6. The number of amides is 1. The monoisotopic (exact) mass is 417 g/mol. The maximum absolute atomic E-state index is 12.8. The van der Waals surface area contributed by atoms with Gasteiger partial charge in [0.2, 0.25) is 0 Å². The Morgan fingerprint density at radius 2 is 2.00 bits per heavy atom. The lowest BCUT2D eigenvalue weighted by molar-refractivity contribution is 0.0996. The van der Waals surface area contributed by atoms with Crippen molar-refractivity contribution < 1.29 is 9.21 Å². The fourth-order valence-corrected chi connectivity index (χ4v) is 4.10. The van der Waals surface area contributed by atoms with E-state index >= 15 is 0 Å². The first kappa shape index (κ1) is 18.6. The van der Waals surface area contributed by atoms with E-state index in [4.69, 9.17) is 4.42 Å². The van der Waals surface area contributed by atoms with Crippen LogP contribution >= 0.6 is 11.8 Å². The number of nitrogens with zero attached hydrogens (tertiary/aromatic N) is 4. The summed E-state index contributed by atoms with van der Waals surface area (Å²) >= 11 is 1.66. The first-order chi connectivity index (χ1) is 14.8. The Bertz CT molecular complexity index is 1170. The van der Waals surface area contributed by atoms with Crippen LogP contribution in [0.5, 0.6) is 0 Å². The van der Waals surface area contributed by atoms with Gasteiger partial charge in [0.15, 0.2) is 11.6 Å². The molecule has 1 aliphatic carbocycles. The minimum absolute atomic E-state index is 0.275. The molecule has 0 unspecified atom stereocenters. The van der Waals surface area contributed by atoms with Crippen molar-refractivity contribution in [3.8, 4) is 11.4 Å². The molecule has 1 saturated carbocycles. The van der Waals surface area contributed by atoms with Crippen LogP contribution in [-0.4, -0.2) is 26.1 Å². The zero-order valence-electron chi connectivity index (χ0n) is 16.1. The molecule has 7 nitrogen and oxygen atoms in total. The van der Waals surface area contributed by atoms with Crippen molar-refractivity contribution in [2.24, 2.45) is 0 Å². The van der Waals surface area contributed by atoms with Gasteiger partial charge in [0.1, 0.15) is 0 Å². The second-order valence-electron chi connectivity index (χ2n) is 7.09. The summed E-state index contributed by atoms with van der Waals surface area (Å²) in [6.07, 6.45) is 3.74. The van der Waals surface area contributed by atoms with Crippen LogP contribution in [0.3, 0.4) is 0 Å². The summed E-state index contributed by atoms with van der Waals surface area (Å²) in [6, 6.07) is 19.8. The molecule has 0 aliphatic heterocycles. The van der Waals surface area contributed by atoms with Crippen LogP contribution in [0.15, 0.2) is 76.2 Å². The normalized spacial score (nSPS) is 13.3. The van der Waals surface area contributed by atoms with Crippen LogP contribution < -0.4 is 5.32 Å². The summed E-state index contributed by atoms with van der Waals surface area (Å²) in [5, 5.41) is 15.0. The van der Waals surface area contributed by atoms with Gasteiger partial charge >= 0.3 is 0 Å². The third-order valence-electron chi connectivity index (χ3n) is 4.85. The Hall–Kier alpha value is -3.39. The zero-order chi connectivity index (χ0) is 20.3. The van der Waals surface area contributed by atoms with Gasteiger partial charge in [0, 0.05) is 27.5 Å². The van der Waals surface area contributed by atoms with E-state index in [2.05, 4.69) is 20.8 Å². The van der Waals surface area contributed by atoms with Gasteiger partial charge in [-0.25, -0.2) is 4.68 Å². The highest BCUT2D eigenvalue weighted by Gasteiger charge is 2.28. The Morgan fingerprint density at radius 1 is 1.13 bits per heavy atom. The number of tetrazole rings is 1. The third kappa shape index (κ3) is 3.99. The Labute approximate surface area is 177 Å². The summed E-state index contributed by atoms with van der Waals surface area (Å²) in [7, 11) is 0. The number of furan rings is 1. The van der Waals surface area contributed by atoms with Gasteiger partial charge in [-0.1, -0.05) is 30.3 Å². The molecule has 1 amide bonds.